The molecule has 0 spiro atoms. The van der Waals surface area contributed by atoms with Crippen molar-refractivity contribution in [2.24, 2.45) is 5.92 Å². The maximum Gasteiger partial charge on any atom is 0.329 e. The Morgan fingerprint density at radius 2 is 1.95 bits per heavy atom. The molecular formula is C12H19NO6S. The molecule has 2 saturated heterocycles. The second kappa shape index (κ2) is 5.69. The smallest absolute Gasteiger partial charge is 0.329 e. The molecule has 2 aliphatic rings. The summed E-state index contributed by atoms with van der Waals surface area (Å²) in [6.07, 6.45) is 1.00. The zero-order valence-corrected chi connectivity index (χ0v) is 11.9. The number of nitrogens with one attached hydrogen (secondary N) is 1. The first-order valence-corrected chi connectivity index (χ1v) is 8.48. The molecule has 0 aromatic rings. The molecule has 1 amide bonds. The van der Waals surface area contributed by atoms with Crippen LogP contribution >= 0.6 is 0 Å². The van der Waals surface area contributed by atoms with Gasteiger partial charge in [0.15, 0.2) is 9.84 Å². The third-order valence-corrected chi connectivity index (χ3v) is 5.77. The first-order valence-electron chi connectivity index (χ1n) is 6.66. The number of rotatable bonds is 4. The van der Waals surface area contributed by atoms with Crippen molar-refractivity contribution in [1.29, 1.82) is 0 Å². The van der Waals surface area contributed by atoms with E-state index in [1.807, 2.05) is 0 Å². The number of carbonyl (C=O) groups excluding carboxylic acids is 1. The van der Waals surface area contributed by atoms with Gasteiger partial charge in [0, 0.05) is 32.5 Å². The van der Waals surface area contributed by atoms with E-state index in [1.165, 1.54) is 0 Å². The Labute approximate surface area is 117 Å². The molecule has 114 valence electrons. The number of hydrogen-bond acceptors (Lipinski definition) is 5. The molecule has 2 heterocycles. The number of ether oxygens (including phenoxy) is 1. The van der Waals surface area contributed by atoms with Crippen LogP contribution in [0.15, 0.2) is 0 Å². The van der Waals surface area contributed by atoms with Crippen LogP contribution in [0.1, 0.15) is 25.7 Å². The van der Waals surface area contributed by atoms with E-state index in [-0.39, 0.29) is 36.7 Å². The molecule has 2 rings (SSSR count). The molecule has 2 fully saturated rings. The maximum absolute atomic E-state index is 12.0. The second-order valence-corrected chi connectivity index (χ2v) is 7.75. The van der Waals surface area contributed by atoms with E-state index in [4.69, 9.17) is 4.74 Å². The molecule has 8 heteroatoms. The Hall–Kier alpha value is -1.15. The van der Waals surface area contributed by atoms with Gasteiger partial charge in [-0.2, -0.15) is 0 Å². The molecule has 2 aliphatic heterocycles. The number of carbonyl (C=O) groups is 2. The first-order chi connectivity index (χ1) is 9.33. The van der Waals surface area contributed by atoms with Gasteiger partial charge in [-0.3, -0.25) is 4.79 Å². The zero-order chi connectivity index (χ0) is 14.8. The Morgan fingerprint density at radius 1 is 1.30 bits per heavy atom. The van der Waals surface area contributed by atoms with Gasteiger partial charge in [0.1, 0.15) is 5.54 Å². The summed E-state index contributed by atoms with van der Waals surface area (Å²) >= 11 is 0. The number of hydrogen-bond donors (Lipinski definition) is 2. The lowest BCUT2D eigenvalue weighted by Crippen LogP contribution is -2.57. The highest BCUT2D eigenvalue weighted by molar-refractivity contribution is 7.91. The largest absolute Gasteiger partial charge is 0.480 e. The van der Waals surface area contributed by atoms with Crippen molar-refractivity contribution in [3.63, 3.8) is 0 Å². The molecule has 1 atom stereocenters. The number of carboxylic acids is 1. The molecule has 0 aromatic heterocycles. The molecule has 2 N–H and O–H groups in total. The zero-order valence-electron chi connectivity index (χ0n) is 11.1. The van der Waals surface area contributed by atoms with E-state index in [2.05, 4.69) is 5.32 Å². The highest BCUT2D eigenvalue weighted by atomic mass is 32.2. The van der Waals surface area contributed by atoms with Crippen LogP contribution in [-0.4, -0.2) is 55.7 Å². The van der Waals surface area contributed by atoms with Gasteiger partial charge in [0.2, 0.25) is 5.91 Å². The SMILES string of the molecule is O=C(CC1CCS(=O)(=O)C1)NC1(C(=O)O)CCOCC1. The van der Waals surface area contributed by atoms with Crippen molar-refractivity contribution >= 4 is 21.7 Å². The van der Waals surface area contributed by atoms with Crippen LogP contribution in [-0.2, 0) is 24.2 Å². The number of amides is 1. The second-order valence-electron chi connectivity index (χ2n) is 5.52. The van der Waals surface area contributed by atoms with Crippen LogP contribution in [0.2, 0.25) is 0 Å². The van der Waals surface area contributed by atoms with Gasteiger partial charge in [-0.05, 0) is 12.3 Å². The fourth-order valence-electron chi connectivity index (χ4n) is 2.73. The summed E-state index contributed by atoms with van der Waals surface area (Å²) in [6, 6.07) is 0. The van der Waals surface area contributed by atoms with Crippen molar-refractivity contribution < 1.29 is 27.9 Å². The Balaban J connectivity index is 1.94. The van der Waals surface area contributed by atoms with Crippen LogP contribution in [0.5, 0.6) is 0 Å². The Bertz CT molecular complexity index is 494. The highest BCUT2D eigenvalue weighted by Crippen LogP contribution is 2.24. The Kier molecular flexibility index (Phi) is 4.33. The van der Waals surface area contributed by atoms with Crippen LogP contribution in [0.3, 0.4) is 0 Å². The number of sulfone groups is 1. The first kappa shape index (κ1) is 15.2. The van der Waals surface area contributed by atoms with Gasteiger partial charge in [-0.1, -0.05) is 0 Å². The van der Waals surface area contributed by atoms with Crippen LogP contribution in [0.25, 0.3) is 0 Å². The monoisotopic (exact) mass is 305 g/mol. The minimum atomic E-state index is -3.02. The molecule has 0 aromatic carbocycles. The lowest BCUT2D eigenvalue weighted by molar-refractivity contribution is -0.152. The summed E-state index contributed by atoms with van der Waals surface area (Å²) in [5, 5.41) is 11.9. The van der Waals surface area contributed by atoms with Crippen molar-refractivity contribution in [3.05, 3.63) is 0 Å². The third-order valence-electron chi connectivity index (χ3n) is 3.94. The van der Waals surface area contributed by atoms with Gasteiger partial charge in [0.05, 0.1) is 11.5 Å². The van der Waals surface area contributed by atoms with Crippen LogP contribution in [0.4, 0.5) is 0 Å². The summed E-state index contributed by atoms with van der Waals surface area (Å²) in [5.74, 6) is -1.53. The third kappa shape index (κ3) is 3.49. The van der Waals surface area contributed by atoms with E-state index in [0.717, 1.165) is 0 Å². The predicted molar refractivity (Wildman–Crippen MR) is 69.9 cm³/mol. The predicted octanol–water partition coefficient (Wildman–Crippen LogP) is -0.439. The van der Waals surface area contributed by atoms with Gasteiger partial charge >= 0.3 is 5.97 Å². The summed E-state index contributed by atoms with van der Waals surface area (Å²) < 4.78 is 27.8. The molecule has 0 saturated carbocycles. The van der Waals surface area contributed by atoms with Gasteiger partial charge < -0.3 is 15.2 Å². The van der Waals surface area contributed by atoms with Crippen molar-refractivity contribution in [2.75, 3.05) is 24.7 Å². The average Bonchev–Trinajstić information content (AvgIpc) is 2.69. The summed E-state index contributed by atoms with van der Waals surface area (Å²) in [4.78, 5) is 23.4. The highest BCUT2D eigenvalue weighted by Gasteiger charge is 2.42. The van der Waals surface area contributed by atoms with Gasteiger partial charge in [0.25, 0.3) is 0 Å². The fraction of sp³-hybridized carbons (Fsp3) is 0.833. The molecule has 7 nitrogen and oxygen atoms in total. The van der Waals surface area contributed by atoms with E-state index >= 15 is 0 Å². The number of carboxylic acid groups (broad SMARTS) is 1. The minimum Gasteiger partial charge on any atom is -0.480 e. The van der Waals surface area contributed by atoms with Gasteiger partial charge in [-0.25, -0.2) is 13.2 Å². The number of aliphatic carboxylic acids is 1. The van der Waals surface area contributed by atoms with E-state index < -0.39 is 27.3 Å². The van der Waals surface area contributed by atoms with Crippen molar-refractivity contribution in [1.82, 2.24) is 5.32 Å². The Morgan fingerprint density at radius 3 is 2.45 bits per heavy atom. The molecular weight excluding hydrogens is 286 g/mol. The van der Waals surface area contributed by atoms with E-state index in [0.29, 0.717) is 19.6 Å². The molecule has 0 radical (unpaired) electrons. The quantitative estimate of drug-likeness (QED) is 0.729. The van der Waals surface area contributed by atoms with Crippen molar-refractivity contribution in [3.8, 4) is 0 Å². The standard InChI is InChI=1S/C12H19NO6S/c14-10(7-9-1-6-20(17,18)8-9)13-12(11(15)16)2-4-19-5-3-12/h9H,1-8H2,(H,13,14)(H,15,16). The molecule has 0 bridgehead atoms. The van der Waals surface area contributed by atoms with Crippen LogP contribution < -0.4 is 5.32 Å². The van der Waals surface area contributed by atoms with E-state index in [1.54, 1.807) is 0 Å². The minimum absolute atomic E-state index is 0.0175. The normalized spacial score (nSPS) is 27.9. The summed E-state index contributed by atoms with van der Waals surface area (Å²) in [7, 11) is -3.02. The summed E-state index contributed by atoms with van der Waals surface area (Å²) in [6.45, 7) is 0.592. The molecule has 1 unspecified atom stereocenters. The van der Waals surface area contributed by atoms with Crippen LogP contribution in [0, 0.1) is 5.92 Å². The summed E-state index contributed by atoms with van der Waals surface area (Å²) in [5.41, 5.74) is -1.27. The van der Waals surface area contributed by atoms with E-state index in [9.17, 15) is 23.1 Å². The van der Waals surface area contributed by atoms with Gasteiger partial charge in [-0.15, -0.1) is 0 Å². The fourth-order valence-corrected chi connectivity index (χ4v) is 4.59. The average molecular weight is 305 g/mol. The molecule has 20 heavy (non-hydrogen) atoms. The lowest BCUT2D eigenvalue weighted by atomic mass is 9.89. The van der Waals surface area contributed by atoms with Crippen molar-refractivity contribution in [2.45, 2.75) is 31.2 Å². The topological polar surface area (TPSA) is 110 Å². The maximum atomic E-state index is 12.0. The molecule has 0 aliphatic carbocycles. The lowest BCUT2D eigenvalue weighted by Gasteiger charge is -2.34.